The van der Waals surface area contributed by atoms with Crippen LogP contribution in [0.3, 0.4) is 0 Å². The second-order valence-electron chi connectivity index (χ2n) is 4.65. The molecule has 6 nitrogen and oxygen atoms in total. The van der Waals surface area contributed by atoms with Crippen LogP contribution in [0.2, 0.25) is 0 Å². The maximum Gasteiger partial charge on any atom is 0.227 e. The molecule has 2 N–H and O–H groups in total. The minimum Gasteiger partial charge on any atom is -0.397 e. The van der Waals surface area contributed by atoms with Crippen molar-refractivity contribution in [2.75, 3.05) is 23.7 Å². The van der Waals surface area contributed by atoms with Crippen molar-refractivity contribution >= 4 is 33.2 Å². The minimum absolute atomic E-state index is 0.0234. The molecule has 0 spiro atoms. The molecule has 2 rings (SSSR count). The Hall–Kier alpha value is -1.72. The Labute approximate surface area is 119 Å². The van der Waals surface area contributed by atoms with Crippen molar-refractivity contribution in [2.24, 2.45) is 11.0 Å². The van der Waals surface area contributed by atoms with Crippen molar-refractivity contribution in [3.8, 4) is 0 Å². The average Bonchev–Trinajstić information content (AvgIpc) is 2.67. The number of amides is 1. The Kier molecular flexibility index (Phi) is 3.97. The van der Waals surface area contributed by atoms with Gasteiger partial charge in [-0.3, -0.25) is 4.79 Å². The first-order valence-electron chi connectivity index (χ1n) is 5.89. The second-order valence-corrected chi connectivity index (χ2v) is 5.56. The summed E-state index contributed by atoms with van der Waals surface area (Å²) >= 11 is 3.38. The Bertz CT molecular complexity index is 544. The molecule has 1 aromatic rings. The molecule has 7 heteroatoms. The molecule has 1 atom stereocenters. The van der Waals surface area contributed by atoms with Gasteiger partial charge < -0.3 is 10.6 Å². The van der Waals surface area contributed by atoms with E-state index in [2.05, 4.69) is 26.0 Å². The average molecular weight is 324 g/mol. The van der Waals surface area contributed by atoms with E-state index in [1.807, 2.05) is 13.0 Å². The Balaban J connectivity index is 2.28. The van der Waals surface area contributed by atoms with Crippen molar-refractivity contribution in [2.45, 2.75) is 13.3 Å². The summed E-state index contributed by atoms with van der Waals surface area (Å²) in [5.41, 5.74) is 16.6. The standard InChI is InChI=1S/C12H14BrN5O/c1-7-2-9(13)4-10(14)12(7)18-6-8(3-11(18)19)5-16-17-15/h2,4,8H,3,5-6,14H2,1H3. The summed E-state index contributed by atoms with van der Waals surface area (Å²) in [5, 5.41) is 3.54. The van der Waals surface area contributed by atoms with Gasteiger partial charge in [0.2, 0.25) is 5.91 Å². The van der Waals surface area contributed by atoms with Crippen LogP contribution in [0.15, 0.2) is 21.7 Å². The molecule has 0 saturated carbocycles. The SMILES string of the molecule is Cc1cc(Br)cc(N)c1N1CC(CN=[N+]=[N-])CC1=O. The van der Waals surface area contributed by atoms with E-state index in [9.17, 15) is 4.79 Å². The predicted octanol–water partition coefficient (Wildman–Crippen LogP) is 3.00. The fourth-order valence-corrected chi connectivity index (χ4v) is 2.99. The fraction of sp³-hybridized carbons (Fsp3) is 0.417. The highest BCUT2D eigenvalue weighted by Gasteiger charge is 2.31. The zero-order chi connectivity index (χ0) is 14.0. The molecule has 1 fully saturated rings. The Morgan fingerprint density at radius 1 is 1.63 bits per heavy atom. The maximum atomic E-state index is 12.1. The van der Waals surface area contributed by atoms with Crippen LogP contribution >= 0.6 is 15.9 Å². The number of nitrogen functional groups attached to an aromatic ring is 1. The molecular formula is C12H14BrN5O. The van der Waals surface area contributed by atoms with Gasteiger partial charge in [0.1, 0.15) is 0 Å². The number of hydrogen-bond donors (Lipinski definition) is 1. The first kappa shape index (κ1) is 13.7. The lowest BCUT2D eigenvalue weighted by Gasteiger charge is -2.21. The lowest BCUT2D eigenvalue weighted by molar-refractivity contribution is -0.117. The summed E-state index contributed by atoms with van der Waals surface area (Å²) in [6.07, 6.45) is 0.397. The van der Waals surface area contributed by atoms with Gasteiger partial charge in [0, 0.05) is 28.9 Å². The molecule has 19 heavy (non-hydrogen) atoms. The van der Waals surface area contributed by atoms with Crippen LogP contribution in [0.4, 0.5) is 11.4 Å². The van der Waals surface area contributed by atoms with E-state index in [1.54, 1.807) is 11.0 Å². The maximum absolute atomic E-state index is 12.1. The highest BCUT2D eigenvalue weighted by Crippen LogP contribution is 2.35. The number of aryl methyl sites for hydroxylation is 1. The fourth-order valence-electron chi connectivity index (χ4n) is 2.40. The first-order valence-corrected chi connectivity index (χ1v) is 6.69. The lowest BCUT2D eigenvalue weighted by Crippen LogP contribution is -2.26. The predicted molar refractivity (Wildman–Crippen MR) is 77.8 cm³/mol. The van der Waals surface area contributed by atoms with Crippen molar-refractivity contribution in [1.82, 2.24) is 0 Å². The van der Waals surface area contributed by atoms with Gasteiger partial charge in [-0.05, 0) is 36.1 Å². The zero-order valence-corrected chi connectivity index (χ0v) is 12.1. The summed E-state index contributed by atoms with van der Waals surface area (Å²) < 4.78 is 0.892. The summed E-state index contributed by atoms with van der Waals surface area (Å²) in [6, 6.07) is 3.72. The van der Waals surface area contributed by atoms with Crippen LogP contribution < -0.4 is 10.6 Å². The molecule has 0 aromatic heterocycles. The van der Waals surface area contributed by atoms with Crippen molar-refractivity contribution < 1.29 is 4.79 Å². The zero-order valence-electron chi connectivity index (χ0n) is 10.5. The van der Waals surface area contributed by atoms with Gasteiger partial charge in [-0.25, -0.2) is 0 Å². The number of carbonyl (C=O) groups is 1. The number of nitrogens with zero attached hydrogens (tertiary/aromatic N) is 4. The molecule has 1 amide bonds. The monoisotopic (exact) mass is 323 g/mol. The number of azide groups is 1. The topological polar surface area (TPSA) is 95.1 Å². The molecule has 0 radical (unpaired) electrons. The van der Waals surface area contributed by atoms with Crippen LogP contribution in [0.25, 0.3) is 10.4 Å². The molecule has 1 heterocycles. The molecule has 1 aromatic carbocycles. The van der Waals surface area contributed by atoms with E-state index in [0.29, 0.717) is 25.2 Å². The number of halogens is 1. The minimum atomic E-state index is 0.0234. The van der Waals surface area contributed by atoms with Crippen LogP contribution in [0.1, 0.15) is 12.0 Å². The van der Waals surface area contributed by atoms with E-state index in [-0.39, 0.29) is 11.8 Å². The van der Waals surface area contributed by atoms with Crippen LogP contribution in [0, 0.1) is 12.8 Å². The first-order chi connectivity index (χ1) is 9.02. The highest BCUT2D eigenvalue weighted by atomic mass is 79.9. The van der Waals surface area contributed by atoms with Gasteiger partial charge in [-0.1, -0.05) is 21.0 Å². The number of benzene rings is 1. The Morgan fingerprint density at radius 2 is 2.37 bits per heavy atom. The molecule has 0 bridgehead atoms. The summed E-state index contributed by atoms with van der Waals surface area (Å²) in [7, 11) is 0. The third-order valence-electron chi connectivity index (χ3n) is 3.17. The molecule has 1 unspecified atom stereocenters. The second kappa shape index (κ2) is 5.50. The molecule has 1 saturated heterocycles. The van der Waals surface area contributed by atoms with Gasteiger partial charge in [-0.2, -0.15) is 0 Å². The quantitative estimate of drug-likeness (QED) is 0.400. The van der Waals surface area contributed by atoms with Gasteiger partial charge in [-0.15, -0.1) is 0 Å². The van der Waals surface area contributed by atoms with Crippen LogP contribution in [0.5, 0.6) is 0 Å². The van der Waals surface area contributed by atoms with E-state index >= 15 is 0 Å². The largest absolute Gasteiger partial charge is 0.397 e. The molecule has 1 aliphatic heterocycles. The summed E-state index contributed by atoms with van der Waals surface area (Å²) in [4.78, 5) is 16.5. The summed E-state index contributed by atoms with van der Waals surface area (Å²) in [5.74, 6) is 0.0844. The van der Waals surface area contributed by atoms with E-state index in [4.69, 9.17) is 11.3 Å². The number of hydrogen-bond acceptors (Lipinski definition) is 3. The summed E-state index contributed by atoms with van der Waals surface area (Å²) in [6.45, 7) is 2.81. The third-order valence-corrected chi connectivity index (χ3v) is 3.63. The number of nitrogens with two attached hydrogens (primary N) is 1. The number of rotatable bonds is 3. The smallest absolute Gasteiger partial charge is 0.227 e. The number of carbonyl (C=O) groups excluding carboxylic acids is 1. The van der Waals surface area contributed by atoms with Crippen molar-refractivity contribution in [3.05, 3.63) is 32.6 Å². The van der Waals surface area contributed by atoms with E-state index in [0.717, 1.165) is 15.7 Å². The molecular weight excluding hydrogens is 310 g/mol. The Morgan fingerprint density at radius 3 is 3.00 bits per heavy atom. The van der Waals surface area contributed by atoms with Gasteiger partial charge in [0.15, 0.2) is 0 Å². The van der Waals surface area contributed by atoms with E-state index < -0.39 is 0 Å². The lowest BCUT2D eigenvalue weighted by atomic mass is 10.1. The molecule has 0 aliphatic carbocycles. The van der Waals surface area contributed by atoms with Crippen molar-refractivity contribution in [1.29, 1.82) is 0 Å². The molecule has 1 aliphatic rings. The van der Waals surface area contributed by atoms with E-state index in [1.165, 1.54) is 0 Å². The third kappa shape index (κ3) is 2.83. The molecule has 100 valence electrons. The van der Waals surface area contributed by atoms with Gasteiger partial charge in [0.25, 0.3) is 0 Å². The van der Waals surface area contributed by atoms with Crippen LogP contribution in [-0.2, 0) is 4.79 Å². The highest BCUT2D eigenvalue weighted by molar-refractivity contribution is 9.10. The van der Waals surface area contributed by atoms with Gasteiger partial charge >= 0.3 is 0 Å². The normalized spacial score (nSPS) is 18.5. The van der Waals surface area contributed by atoms with Crippen LogP contribution in [-0.4, -0.2) is 19.0 Å². The van der Waals surface area contributed by atoms with Gasteiger partial charge in [0.05, 0.1) is 11.4 Å². The number of anilines is 2. The van der Waals surface area contributed by atoms with Crippen molar-refractivity contribution in [3.63, 3.8) is 0 Å².